The third kappa shape index (κ3) is 2.71. The molecule has 1 aromatic rings. The molecule has 76 valence electrons. The second kappa shape index (κ2) is 4.78. The van der Waals surface area contributed by atoms with Gasteiger partial charge in [0, 0.05) is 0 Å². The largest absolute Gasteiger partial charge is 0.492 e. The Morgan fingerprint density at radius 2 is 2.14 bits per heavy atom. The van der Waals surface area contributed by atoms with Gasteiger partial charge in [0.1, 0.15) is 10.4 Å². The molecule has 1 aliphatic rings. The summed E-state index contributed by atoms with van der Waals surface area (Å²) in [4.78, 5) is 4.12. The van der Waals surface area contributed by atoms with Crippen molar-refractivity contribution in [3.63, 3.8) is 0 Å². The number of hydrogen-bond acceptors (Lipinski definition) is 2. The summed E-state index contributed by atoms with van der Waals surface area (Å²) in [6.07, 6.45) is 7.15. The first kappa shape index (κ1) is 9.97. The Labute approximate surface area is 92.8 Å². The van der Waals surface area contributed by atoms with Crippen LogP contribution in [0.15, 0.2) is 22.9 Å². The van der Waals surface area contributed by atoms with Gasteiger partial charge in [-0.2, -0.15) is 0 Å². The van der Waals surface area contributed by atoms with Gasteiger partial charge in [-0.1, -0.05) is 12.8 Å². The van der Waals surface area contributed by atoms with E-state index >= 15 is 0 Å². The van der Waals surface area contributed by atoms with E-state index in [9.17, 15) is 0 Å². The van der Waals surface area contributed by atoms with Crippen LogP contribution in [-0.2, 0) is 0 Å². The zero-order valence-electron chi connectivity index (χ0n) is 8.08. The van der Waals surface area contributed by atoms with Gasteiger partial charge in [-0.15, -0.1) is 0 Å². The first-order valence-corrected chi connectivity index (χ1v) is 5.88. The summed E-state index contributed by atoms with van der Waals surface area (Å²) in [6, 6.07) is 3.86. The quantitative estimate of drug-likeness (QED) is 0.773. The van der Waals surface area contributed by atoms with E-state index in [0.717, 1.165) is 22.9 Å². The highest BCUT2D eigenvalue weighted by Gasteiger charge is 2.15. The van der Waals surface area contributed by atoms with E-state index in [0.29, 0.717) is 0 Å². The van der Waals surface area contributed by atoms with E-state index in [1.165, 1.54) is 25.7 Å². The van der Waals surface area contributed by atoms with Crippen molar-refractivity contribution in [2.75, 3.05) is 6.61 Å². The molecule has 2 nitrogen and oxygen atoms in total. The van der Waals surface area contributed by atoms with Crippen LogP contribution >= 0.6 is 15.9 Å². The second-order valence-corrected chi connectivity index (χ2v) is 4.59. The number of halogens is 1. The summed E-state index contributed by atoms with van der Waals surface area (Å²) >= 11 is 3.30. The zero-order chi connectivity index (χ0) is 9.80. The van der Waals surface area contributed by atoms with Crippen molar-refractivity contribution in [3.05, 3.63) is 22.9 Å². The SMILES string of the molecule is Brc1ccc(OCC2CCCC2)cn1. The fraction of sp³-hybridized carbons (Fsp3) is 0.545. The smallest absolute Gasteiger partial charge is 0.137 e. The van der Waals surface area contributed by atoms with Crippen molar-refractivity contribution in [1.29, 1.82) is 0 Å². The molecule has 1 saturated carbocycles. The van der Waals surface area contributed by atoms with Crippen molar-refractivity contribution >= 4 is 15.9 Å². The van der Waals surface area contributed by atoms with E-state index in [2.05, 4.69) is 20.9 Å². The summed E-state index contributed by atoms with van der Waals surface area (Å²) in [7, 11) is 0. The first-order valence-electron chi connectivity index (χ1n) is 5.09. The molecule has 0 atom stereocenters. The minimum absolute atomic E-state index is 0.763. The van der Waals surface area contributed by atoms with Crippen LogP contribution in [0.3, 0.4) is 0 Å². The predicted octanol–water partition coefficient (Wildman–Crippen LogP) is 3.41. The van der Waals surface area contributed by atoms with Gasteiger partial charge < -0.3 is 4.74 Å². The molecule has 0 unspecified atom stereocenters. The Hall–Kier alpha value is -0.570. The maximum atomic E-state index is 5.66. The molecule has 0 aromatic carbocycles. The van der Waals surface area contributed by atoms with Crippen LogP contribution in [0.2, 0.25) is 0 Å². The van der Waals surface area contributed by atoms with Gasteiger partial charge in [-0.05, 0) is 46.8 Å². The monoisotopic (exact) mass is 255 g/mol. The molecule has 0 radical (unpaired) electrons. The molecule has 0 N–H and O–H groups in total. The summed E-state index contributed by atoms with van der Waals surface area (Å²) in [5.41, 5.74) is 0. The van der Waals surface area contributed by atoms with Gasteiger partial charge >= 0.3 is 0 Å². The van der Waals surface area contributed by atoms with E-state index in [1.807, 2.05) is 12.1 Å². The number of ether oxygens (including phenoxy) is 1. The molecule has 1 aromatic heterocycles. The van der Waals surface area contributed by atoms with Crippen LogP contribution < -0.4 is 4.74 Å². The third-order valence-electron chi connectivity index (χ3n) is 2.66. The van der Waals surface area contributed by atoms with Crippen LogP contribution in [-0.4, -0.2) is 11.6 Å². The third-order valence-corrected chi connectivity index (χ3v) is 3.13. The molecule has 0 bridgehead atoms. The molecule has 1 fully saturated rings. The van der Waals surface area contributed by atoms with Crippen LogP contribution in [0.1, 0.15) is 25.7 Å². The molecule has 0 amide bonds. The Morgan fingerprint density at radius 1 is 1.36 bits per heavy atom. The highest BCUT2D eigenvalue weighted by Crippen LogP contribution is 2.25. The Kier molecular flexibility index (Phi) is 3.40. The Bertz CT molecular complexity index is 280. The average molecular weight is 256 g/mol. The number of pyridine rings is 1. The van der Waals surface area contributed by atoms with Gasteiger partial charge in [-0.3, -0.25) is 0 Å². The lowest BCUT2D eigenvalue weighted by atomic mass is 10.1. The van der Waals surface area contributed by atoms with Gasteiger partial charge in [-0.25, -0.2) is 4.98 Å². The topological polar surface area (TPSA) is 22.1 Å². The highest BCUT2D eigenvalue weighted by molar-refractivity contribution is 9.10. The fourth-order valence-corrected chi connectivity index (χ4v) is 2.07. The summed E-state index contributed by atoms with van der Waals surface area (Å²) < 4.78 is 6.51. The van der Waals surface area contributed by atoms with Crippen molar-refractivity contribution in [2.45, 2.75) is 25.7 Å². The molecule has 14 heavy (non-hydrogen) atoms. The fourth-order valence-electron chi connectivity index (χ4n) is 1.84. The van der Waals surface area contributed by atoms with Crippen LogP contribution in [0.5, 0.6) is 5.75 Å². The van der Waals surface area contributed by atoms with Gasteiger partial charge in [0.05, 0.1) is 12.8 Å². The molecule has 0 spiro atoms. The molecule has 1 aliphatic carbocycles. The zero-order valence-corrected chi connectivity index (χ0v) is 9.66. The summed E-state index contributed by atoms with van der Waals surface area (Å²) in [5, 5.41) is 0. The minimum Gasteiger partial charge on any atom is -0.492 e. The molecule has 0 aliphatic heterocycles. The van der Waals surface area contributed by atoms with Crippen molar-refractivity contribution in [3.8, 4) is 5.75 Å². The second-order valence-electron chi connectivity index (χ2n) is 3.78. The van der Waals surface area contributed by atoms with E-state index < -0.39 is 0 Å². The van der Waals surface area contributed by atoms with Crippen LogP contribution in [0.4, 0.5) is 0 Å². The molecule has 2 rings (SSSR count). The maximum Gasteiger partial charge on any atom is 0.137 e. The number of aromatic nitrogens is 1. The van der Waals surface area contributed by atoms with Crippen molar-refractivity contribution < 1.29 is 4.74 Å². The lowest BCUT2D eigenvalue weighted by molar-refractivity contribution is 0.251. The van der Waals surface area contributed by atoms with E-state index in [4.69, 9.17) is 4.74 Å². The number of rotatable bonds is 3. The Balaban J connectivity index is 1.82. The number of nitrogens with zero attached hydrogens (tertiary/aromatic N) is 1. The Morgan fingerprint density at radius 3 is 2.79 bits per heavy atom. The highest BCUT2D eigenvalue weighted by atomic mass is 79.9. The molecule has 3 heteroatoms. The normalized spacial score (nSPS) is 17.2. The van der Waals surface area contributed by atoms with Crippen LogP contribution in [0.25, 0.3) is 0 Å². The number of hydrogen-bond donors (Lipinski definition) is 0. The summed E-state index contributed by atoms with van der Waals surface area (Å²) in [5.74, 6) is 1.64. The first-order chi connectivity index (χ1) is 6.84. The van der Waals surface area contributed by atoms with Gasteiger partial charge in [0.25, 0.3) is 0 Å². The van der Waals surface area contributed by atoms with Crippen molar-refractivity contribution in [2.24, 2.45) is 5.92 Å². The molecular formula is C11H14BrNO. The molecule has 1 heterocycles. The standard InChI is InChI=1S/C11H14BrNO/c12-11-6-5-10(7-13-11)14-8-9-3-1-2-4-9/h5-7,9H,1-4,8H2. The van der Waals surface area contributed by atoms with Gasteiger partial charge in [0.15, 0.2) is 0 Å². The van der Waals surface area contributed by atoms with E-state index in [1.54, 1.807) is 6.20 Å². The predicted molar refractivity (Wildman–Crippen MR) is 59.4 cm³/mol. The molecular weight excluding hydrogens is 242 g/mol. The van der Waals surface area contributed by atoms with Crippen LogP contribution in [0, 0.1) is 5.92 Å². The minimum atomic E-state index is 0.763. The van der Waals surface area contributed by atoms with Crippen molar-refractivity contribution in [1.82, 2.24) is 4.98 Å². The average Bonchev–Trinajstić information content (AvgIpc) is 2.70. The van der Waals surface area contributed by atoms with E-state index in [-0.39, 0.29) is 0 Å². The van der Waals surface area contributed by atoms with Gasteiger partial charge in [0.2, 0.25) is 0 Å². The lowest BCUT2D eigenvalue weighted by Gasteiger charge is -2.10. The maximum absolute atomic E-state index is 5.66. The lowest BCUT2D eigenvalue weighted by Crippen LogP contribution is -2.07. The summed E-state index contributed by atoms with van der Waals surface area (Å²) in [6.45, 7) is 0.851. The molecule has 0 saturated heterocycles.